The van der Waals surface area contributed by atoms with E-state index in [1.54, 1.807) is 6.92 Å². The second-order valence-corrected chi connectivity index (χ2v) is 2.43. The van der Waals surface area contributed by atoms with Crippen molar-refractivity contribution in [3.05, 3.63) is 12.3 Å². The van der Waals surface area contributed by atoms with Crippen molar-refractivity contribution in [2.24, 2.45) is 0 Å². The van der Waals surface area contributed by atoms with Crippen LogP contribution in [0.5, 0.6) is 0 Å². The molecule has 0 aromatic carbocycles. The zero-order chi connectivity index (χ0) is 10.1. The summed E-state index contributed by atoms with van der Waals surface area (Å²) < 4.78 is 0. The van der Waals surface area contributed by atoms with Crippen LogP contribution in [0.4, 0.5) is 0 Å². The lowest BCUT2D eigenvalue weighted by Crippen LogP contribution is -2.28. The molecule has 0 amide bonds. The monoisotopic (exact) mass is 177 g/mol. The first-order chi connectivity index (χ1) is 5.45. The zero-order valence-corrected chi connectivity index (χ0v) is 7.53. The molecule has 74 valence electrons. The molecule has 0 aliphatic carbocycles. The molecule has 0 saturated heterocycles. The summed E-state index contributed by atoms with van der Waals surface area (Å²) in [4.78, 5) is 0. The van der Waals surface area contributed by atoms with Crippen molar-refractivity contribution >= 4 is 0 Å². The van der Waals surface area contributed by atoms with Crippen LogP contribution >= 0.6 is 0 Å². The molecule has 3 N–H and O–H groups in total. The normalized spacial score (nSPS) is 14.1. The first-order valence-corrected chi connectivity index (χ1v) is 3.75. The highest BCUT2D eigenvalue weighted by molar-refractivity contribution is 4.64. The van der Waals surface area contributed by atoms with E-state index in [0.29, 0.717) is 6.42 Å². The van der Waals surface area contributed by atoms with Gasteiger partial charge in [0.05, 0.1) is 12.7 Å². The van der Waals surface area contributed by atoms with Gasteiger partial charge in [-0.25, -0.2) is 0 Å². The van der Waals surface area contributed by atoms with Crippen LogP contribution in [0.1, 0.15) is 20.3 Å². The SMILES string of the molecule is C=C(C)[O-].CCC(O)C(O)CO. The number of allylic oxidation sites excluding steroid dienone is 1. The highest BCUT2D eigenvalue weighted by atomic mass is 16.4. The van der Waals surface area contributed by atoms with E-state index in [0.717, 1.165) is 0 Å². The van der Waals surface area contributed by atoms with Gasteiger partial charge in [0.1, 0.15) is 6.10 Å². The molecule has 0 radical (unpaired) electrons. The van der Waals surface area contributed by atoms with Crippen molar-refractivity contribution in [3.63, 3.8) is 0 Å². The van der Waals surface area contributed by atoms with E-state index in [1.807, 2.05) is 0 Å². The molecule has 0 aliphatic rings. The molecule has 0 bridgehead atoms. The largest absolute Gasteiger partial charge is 0.876 e. The molecule has 0 aliphatic heterocycles. The lowest BCUT2D eigenvalue weighted by atomic mass is 10.2. The van der Waals surface area contributed by atoms with Gasteiger partial charge >= 0.3 is 0 Å². The van der Waals surface area contributed by atoms with Gasteiger partial charge in [-0.1, -0.05) is 13.8 Å². The Bertz CT molecular complexity index is 102. The topological polar surface area (TPSA) is 83.8 Å². The summed E-state index contributed by atoms with van der Waals surface area (Å²) in [6, 6.07) is 0. The third-order valence-electron chi connectivity index (χ3n) is 1.05. The Morgan fingerprint density at radius 2 is 1.75 bits per heavy atom. The summed E-state index contributed by atoms with van der Waals surface area (Å²) in [5, 5.41) is 34.9. The van der Waals surface area contributed by atoms with E-state index in [1.165, 1.54) is 6.92 Å². The van der Waals surface area contributed by atoms with Gasteiger partial charge in [-0.05, 0) is 6.42 Å². The molecular formula is C8H17O4-. The zero-order valence-electron chi connectivity index (χ0n) is 7.53. The van der Waals surface area contributed by atoms with E-state index in [-0.39, 0.29) is 12.4 Å². The molecule has 4 nitrogen and oxygen atoms in total. The minimum absolute atomic E-state index is 0.0833. The van der Waals surface area contributed by atoms with Crippen molar-refractivity contribution in [3.8, 4) is 0 Å². The third kappa shape index (κ3) is 12.1. The minimum Gasteiger partial charge on any atom is -0.876 e. The summed E-state index contributed by atoms with van der Waals surface area (Å²) in [5.74, 6) is -0.0833. The van der Waals surface area contributed by atoms with Gasteiger partial charge in [0.25, 0.3) is 0 Å². The number of rotatable bonds is 3. The highest BCUT2D eigenvalue weighted by Gasteiger charge is 2.10. The summed E-state index contributed by atoms with van der Waals surface area (Å²) >= 11 is 0. The van der Waals surface area contributed by atoms with Crippen LogP contribution in [-0.2, 0) is 0 Å². The molecule has 4 heteroatoms. The maximum atomic E-state index is 9.33. The van der Waals surface area contributed by atoms with Crippen molar-refractivity contribution in [1.29, 1.82) is 0 Å². The molecule has 0 rings (SSSR count). The molecule has 0 aromatic heterocycles. The van der Waals surface area contributed by atoms with Gasteiger partial charge in [-0.15, -0.1) is 12.3 Å². The van der Waals surface area contributed by atoms with Crippen LogP contribution in [-0.4, -0.2) is 34.1 Å². The van der Waals surface area contributed by atoms with Gasteiger partial charge in [-0.3, -0.25) is 0 Å². The van der Waals surface area contributed by atoms with Crippen LogP contribution in [0.3, 0.4) is 0 Å². The molecule has 0 aromatic rings. The maximum absolute atomic E-state index is 9.33. The second kappa shape index (κ2) is 8.52. The van der Waals surface area contributed by atoms with Crippen molar-refractivity contribution in [2.45, 2.75) is 32.5 Å². The summed E-state index contributed by atoms with van der Waals surface area (Å²) in [6.07, 6.45) is -1.28. The lowest BCUT2D eigenvalue weighted by molar-refractivity contribution is -0.300. The Morgan fingerprint density at radius 1 is 1.42 bits per heavy atom. The van der Waals surface area contributed by atoms with Crippen molar-refractivity contribution in [1.82, 2.24) is 0 Å². The van der Waals surface area contributed by atoms with E-state index in [9.17, 15) is 5.11 Å². The molecular weight excluding hydrogens is 160 g/mol. The van der Waals surface area contributed by atoms with Crippen LogP contribution in [0.2, 0.25) is 0 Å². The number of hydrogen-bond acceptors (Lipinski definition) is 4. The Hall–Kier alpha value is -0.580. The lowest BCUT2D eigenvalue weighted by Gasteiger charge is -2.11. The van der Waals surface area contributed by atoms with Crippen molar-refractivity contribution < 1.29 is 20.4 Å². The average molecular weight is 177 g/mol. The summed E-state index contributed by atoms with van der Waals surface area (Å²) in [7, 11) is 0. The van der Waals surface area contributed by atoms with Gasteiger partial charge in [0, 0.05) is 0 Å². The van der Waals surface area contributed by atoms with E-state index >= 15 is 0 Å². The van der Waals surface area contributed by atoms with Crippen LogP contribution in [0.15, 0.2) is 12.3 Å². The third-order valence-corrected chi connectivity index (χ3v) is 1.05. The maximum Gasteiger partial charge on any atom is 0.103 e. The first kappa shape index (κ1) is 14.0. The van der Waals surface area contributed by atoms with Crippen LogP contribution < -0.4 is 5.11 Å². The Labute approximate surface area is 72.8 Å². The molecule has 0 fully saturated rings. The van der Waals surface area contributed by atoms with Gasteiger partial charge in [0.2, 0.25) is 0 Å². The van der Waals surface area contributed by atoms with E-state index in [2.05, 4.69) is 6.58 Å². The number of aliphatic hydroxyl groups is 3. The van der Waals surface area contributed by atoms with Crippen LogP contribution in [0.25, 0.3) is 0 Å². The summed E-state index contributed by atoms with van der Waals surface area (Å²) in [5.41, 5.74) is 0. The fraction of sp³-hybridized carbons (Fsp3) is 0.750. The summed E-state index contributed by atoms with van der Waals surface area (Å²) in [6.45, 7) is 5.79. The smallest absolute Gasteiger partial charge is 0.103 e. The molecule has 2 unspecified atom stereocenters. The van der Waals surface area contributed by atoms with E-state index in [4.69, 9.17) is 15.3 Å². The Balaban J connectivity index is 0. The predicted octanol–water partition coefficient (Wildman–Crippen LogP) is -1.01. The van der Waals surface area contributed by atoms with Gasteiger partial charge in [0.15, 0.2) is 0 Å². The van der Waals surface area contributed by atoms with Crippen LogP contribution in [0, 0.1) is 0 Å². The minimum atomic E-state index is -0.972. The molecule has 0 spiro atoms. The fourth-order valence-corrected chi connectivity index (χ4v) is 0.394. The van der Waals surface area contributed by atoms with Gasteiger partial charge < -0.3 is 20.4 Å². The Kier molecular flexibility index (Phi) is 9.92. The average Bonchev–Trinajstić information content (AvgIpc) is 2.00. The van der Waals surface area contributed by atoms with Gasteiger partial charge in [-0.2, -0.15) is 0 Å². The molecule has 2 atom stereocenters. The Morgan fingerprint density at radius 3 is 1.83 bits per heavy atom. The molecule has 0 heterocycles. The first-order valence-electron chi connectivity index (χ1n) is 3.75. The molecule has 12 heavy (non-hydrogen) atoms. The standard InChI is InChI=1S/C5H12O3.C3H6O/c1-2-4(7)5(8)3-6;1-3(2)4/h4-8H,2-3H2,1H3;4H,1H2,2H3/p-1. The predicted molar refractivity (Wildman–Crippen MR) is 44.2 cm³/mol. The second-order valence-electron chi connectivity index (χ2n) is 2.43. The number of hydrogen-bond donors (Lipinski definition) is 3. The quantitative estimate of drug-likeness (QED) is 0.482. The number of aliphatic hydroxyl groups excluding tert-OH is 3. The molecule has 0 saturated carbocycles. The highest BCUT2D eigenvalue weighted by Crippen LogP contribution is 1.95. The fourth-order valence-electron chi connectivity index (χ4n) is 0.394. The van der Waals surface area contributed by atoms with E-state index < -0.39 is 12.2 Å². The van der Waals surface area contributed by atoms with Crippen molar-refractivity contribution in [2.75, 3.05) is 6.61 Å².